The third kappa shape index (κ3) is 5.92. The van der Waals surface area contributed by atoms with Gasteiger partial charge < -0.3 is 19.5 Å². The van der Waals surface area contributed by atoms with E-state index in [1.54, 1.807) is 24.3 Å². The number of amides is 1. The van der Waals surface area contributed by atoms with Gasteiger partial charge in [-0.25, -0.2) is 4.79 Å². The van der Waals surface area contributed by atoms with Gasteiger partial charge in [0.1, 0.15) is 29.3 Å². The SMILES string of the molecule is COC(=O)C(C)(COc1ccccc1)NCC(=O)Nc1ccc(OC)cc1[N+](=O)[O-]. The molecular formula is C20H23N3O7. The molecule has 0 saturated carbocycles. The Kier molecular flexibility index (Phi) is 7.70. The molecule has 10 nitrogen and oxygen atoms in total. The third-order valence-electron chi connectivity index (χ3n) is 4.22. The fourth-order valence-electron chi connectivity index (χ4n) is 2.52. The van der Waals surface area contributed by atoms with Crippen LogP contribution >= 0.6 is 0 Å². The van der Waals surface area contributed by atoms with Gasteiger partial charge in [0.05, 0.1) is 31.8 Å². The number of nitrogens with zero attached hydrogens (tertiary/aromatic N) is 1. The van der Waals surface area contributed by atoms with Crippen molar-refractivity contribution in [3.05, 3.63) is 58.6 Å². The molecule has 30 heavy (non-hydrogen) atoms. The van der Waals surface area contributed by atoms with E-state index < -0.39 is 22.3 Å². The predicted molar refractivity (Wildman–Crippen MR) is 109 cm³/mol. The minimum atomic E-state index is -1.33. The van der Waals surface area contributed by atoms with Gasteiger partial charge >= 0.3 is 5.97 Å². The summed E-state index contributed by atoms with van der Waals surface area (Å²) in [7, 11) is 2.61. The van der Waals surface area contributed by atoms with Crippen LogP contribution in [0.4, 0.5) is 11.4 Å². The van der Waals surface area contributed by atoms with E-state index in [0.29, 0.717) is 5.75 Å². The second kappa shape index (κ2) is 10.2. The van der Waals surface area contributed by atoms with Gasteiger partial charge in [0.15, 0.2) is 0 Å². The number of nitro groups is 1. The highest BCUT2D eigenvalue weighted by Crippen LogP contribution is 2.28. The second-order valence-electron chi connectivity index (χ2n) is 6.47. The van der Waals surface area contributed by atoms with Crippen LogP contribution in [0.3, 0.4) is 0 Å². The van der Waals surface area contributed by atoms with Crippen LogP contribution in [0.25, 0.3) is 0 Å². The number of methoxy groups -OCH3 is 2. The number of carbonyl (C=O) groups is 2. The molecule has 2 N–H and O–H groups in total. The fraction of sp³-hybridized carbons (Fsp3) is 0.300. The van der Waals surface area contributed by atoms with Gasteiger partial charge in [-0.1, -0.05) is 18.2 Å². The number of hydrogen-bond donors (Lipinski definition) is 2. The van der Waals surface area contributed by atoms with Gasteiger partial charge in [0.2, 0.25) is 5.91 Å². The Morgan fingerprint density at radius 3 is 2.40 bits per heavy atom. The number of esters is 1. The normalized spacial score (nSPS) is 12.4. The van der Waals surface area contributed by atoms with Crippen LogP contribution in [0, 0.1) is 10.1 Å². The number of benzene rings is 2. The molecule has 0 heterocycles. The summed E-state index contributed by atoms with van der Waals surface area (Å²) in [6.07, 6.45) is 0. The zero-order chi connectivity index (χ0) is 22.1. The first-order valence-corrected chi connectivity index (χ1v) is 8.92. The van der Waals surface area contributed by atoms with Crippen molar-refractivity contribution in [1.29, 1.82) is 0 Å². The van der Waals surface area contributed by atoms with Crippen molar-refractivity contribution in [3.8, 4) is 11.5 Å². The van der Waals surface area contributed by atoms with Crippen molar-refractivity contribution >= 4 is 23.3 Å². The van der Waals surface area contributed by atoms with Crippen LogP contribution in [0.5, 0.6) is 11.5 Å². The molecule has 0 radical (unpaired) electrons. The molecule has 160 valence electrons. The van der Waals surface area contributed by atoms with Crippen LogP contribution in [0.15, 0.2) is 48.5 Å². The lowest BCUT2D eigenvalue weighted by Crippen LogP contribution is -2.56. The van der Waals surface area contributed by atoms with Crippen LogP contribution in [0.1, 0.15) is 6.92 Å². The Morgan fingerprint density at radius 2 is 1.80 bits per heavy atom. The second-order valence-corrected chi connectivity index (χ2v) is 6.47. The summed E-state index contributed by atoms with van der Waals surface area (Å²) in [6.45, 7) is 1.12. The number of nitro benzene ring substituents is 1. The van der Waals surface area contributed by atoms with Crippen LogP contribution in [0.2, 0.25) is 0 Å². The number of carbonyl (C=O) groups excluding carboxylic acids is 2. The number of rotatable bonds is 10. The average Bonchev–Trinajstić information content (AvgIpc) is 2.76. The molecule has 2 aromatic carbocycles. The van der Waals surface area contributed by atoms with E-state index in [-0.39, 0.29) is 30.3 Å². The number of nitrogens with one attached hydrogen (secondary N) is 2. The summed E-state index contributed by atoms with van der Waals surface area (Å²) in [5, 5.41) is 16.5. The van der Waals surface area contributed by atoms with Crippen molar-refractivity contribution in [2.45, 2.75) is 12.5 Å². The molecule has 1 unspecified atom stereocenters. The molecule has 1 amide bonds. The van der Waals surface area contributed by atoms with Gasteiger partial charge in [0, 0.05) is 0 Å². The summed E-state index contributed by atoms with van der Waals surface area (Å²) in [5.41, 5.74) is -1.63. The minimum Gasteiger partial charge on any atom is -0.496 e. The molecule has 0 spiro atoms. The lowest BCUT2D eigenvalue weighted by molar-refractivity contribution is -0.384. The van der Waals surface area contributed by atoms with Crippen molar-refractivity contribution in [2.24, 2.45) is 0 Å². The molecule has 1 atom stereocenters. The Balaban J connectivity index is 2.05. The molecule has 0 saturated heterocycles. The minimum absolute atomic E-state index is 0.00732. The highest BCUT2D eigenvalue weighted by molar-refractivity contribution is 5.95. The maximum absolute atomic E-state index is 12.4. The van der Waals surface area contributed by atoms with Crippen molar-refractivity contribution in [2.75, 3.05) is 32.7 Å². The van der Waals surface area contributed by atoms with Gasteiger partial charge in [-0.3, -0.25) is 20.2 Å². The zero-order valence-corrected chi connectivity index (χ0v) is 16.8. The zero-order valence-electron chi connectivity index (χ0n) is 16.8. The highest BCUT2D eigenvalue weighted by atomic mass is 16.6. The van der Waals surface area contributed by atoms with Crippen LogP contribution < -0.4 is 20.1 Å². The molecule has 0 bridgehead atoms. The Labute approximate surface area is 173 Å². The van der Waals surface area contributed by atoms with Crippen molar-refractivity contribution in [1.82, 2.24) is 5.32 Å². The van der Waals surface area contributed by atoms with Gasteiger partial charge in [-0.05, 0) is 31.2 Å². The molecule has 0 aliphatic rings. The highest BCUT2D eigenvalue weighted by Gasteiger charge is 2.36. The Hall–Kier alpha value is -3.66. The van der Waals surface area contributed by atoms with E-state index in [1.165, 1.54) is 39.3 Å². The quantitative estimate of drug-likeness (QED) is 0.342. The molecule has 0 aromatic heterocycles. The molecular weight excluding hydrogens is 394 g/mol. The Morgan fingerprint density at radius 1 is 1.10 bits per heavy atom. The van der Waals surface area contributed by atoms with E-state index in [9.17, 15) is 19.7 Å². The number of para-hydroxylation sites is 1. The Bertz CT molecular complexity index is 905. The summed E-state index contributed by atoms with van der Waals surface area (Å²) in [6, 6.07) is 12.9. The van der Waals surface area contributed by atoms with E-state index in [0.717, 1.165) is 0 Å². The maximum Gasteiger partial charge on any atom is 0.329 e. The molecule has 2 aromatic rings. The first-order valence-electron chi connectivity index (χ1n) is 8.92. The lowest BCUT2D eigenvalue weighted by Gasteiger charge is -2.27. The van der Waals surface area contributed by atoms with Crippen LogP contribution in [-0.4, -0.2) is 49.7 Å². The summed E-state index contributed by atoms with van der Waals surface area (Å²) in [5.74, 6) is -0.373. The smallest absolute Gasteiger partial charge is 0.329 e. The molecule has 0 aliphatic carbocycles. The summed E-state index contributed by atoms with van der Waals surface area (Å²) >= 11 is 0. The third-order valence-corrected chi connectivity index (χ3v) is 4.22. The number of ether oxygens (including phenoxy) is 3. The fourth-order valence-corrected chi connectivity index (χ4v) is 2.52. The van der Waals surface area contributed by atoms with E-state index in [2.05, 4.69) is 10.6 Å². The van der Waals surface area contributed by atoms with E-state index in [4.69, 9.17) is 14.2 Å². The van der Waals surface area contributed by atoms with Crippen molar-refractivity contribution < 1.29 is 28.7 Å². The molecule has 2 rings (SSSR count). The number of hydrogen-bond acceptors (Lipinski definition) is 8. The molecule has 0 fully saturated rings. The predicted octanol–water partition coefficient (Wildman–Crippen LogP) is 2.14. The first kappa shape index (κ1) is 22.6. The van der Waals surface area contributed by atoms with E-state index in [1.807, 2.05) is 6.07 Å². The number of anilines is 1. The lowest BCUT2D eigenvalue weighted by atomic mass is 10.0. The topological polar surface area (TPSA) is 129 Å². The van der Waals surface area contributed by atoms with Crippen LogP contribution in [-0.2, 0) is 14.3 Å². The average molecular weight is 417 g/mol. The largest absolute Gasteiger partial charge is 0.496 e. The van der Waals surface area contributed by atoms with Gasteiger partial charge in [0.25, 0.3) is 5.69 Å². The summed E-state index contributed by atoms with van der Waals surface area (Å²) in [4.78, 5) is 35.2. The van der Waals surface area contributed by atoms with Gasteiger partial charge in [-0.2, -0.15) is 0 Å². The van der Waals surface area contributed by atoms with Gasteiger partial charge in [-0.15, -0.1) is 0 Å². The standard InChI is InChI=1S/C20H23N3O7/c1-20(19(25)29-3,13-30-14-7-5-4-6-8-14)21-12-18(24)22-16-10-9-15(28-2)11-17(16)23(26)27/h4-11,21H,12-13H2,1-3H3,(H,22,24). The van der Waals surface area contributed by atoms with E-state index >= 15 is 0 Å². The van der Waals surface area contributed by atoms with Crippen molar-refractivity contribution in [3.63, 3.8) is 0 Å². The maximum atomic E-state index is 12.4. The monoisotopic (exact) mass is 417 g/mol. The first-order chi connectivity index (χ1) is 14.3. The molecule has 10 heteroatoms. The molecule has 0 aliphatic heterocycles. The summed E-state index contributed by atoms with van der Waals surface area (Å²) < 4.78 is 15.4.